The first kappa shape index (κ1) is 30.9. The summed E-state index contributed by atoms with van der Waals surface area (Å²) in [6, 6.07) is 13.8. The van der Waals surface area contributed by atoms with Crippen molar-refractivity contribution in [3.05, 3.63) is 59.9 Å². The van der Waals surface area contributed by atoms with Gasteiger partial charge < -0.3 is 20.5 Å². The Labute approximate surface area is 234 Å². The second-order valence-electron chi connectivity index (χ2n) is 8.59. The van der Waals surface area contributed by atoms with Gasteiger partial charge in [-0.05, 0) is 75.2 Å². The molecule has 0 bridgehead atoms. The van der Waals surface area contributed by atoms with Gasteiger partial charge >= 0.3 is 12.1 Å². The molecule has 4 N–H and O–H groups in total. The number of benzene rings is 2. The molecule has 0 aliphatic heterocycles. The van der Waals surface area contributed by atoms with Crippen LogP contribution in [0.2, 0.25) is 5.02 Å². The van der Waals surface area contributed by atoms with Gasteiger partial charge in [-0.25, -0.2) is 27.9 Å². The predicted molar refractivity (Wildman–Crippen MR) is 144 cm³/mol. The van der Waals surface area contributed by atoms with Crippen LogP contribution in [0.15, 0.2) is 59.8 Å². The molecule has 0 radical (unpaired) electrons. The van der Waals surface area contributed by atoms with Crippen molar-refractivity contribution in [2.75, 3.05) is 17.7 Å². The number of alkyl halides is 3. The van der Waals surface area contributed by atoms with Crippen molar-refractivity contribution in [1.82, 2.24) is 14.7 Å². The number of aromatic nitrogens is 2. The minimum absolute atomic E-state index is 0.110. The molecule has 15 heteroatoms. The van der Waals surface area contributed by atoms with Gasteiger partial charge in [-0.2, -0.15) is 13.2 Å². The first-order chi connectivity index (χ1) is 18.9. The molecule has 0 amide bonds. The Bertz CT molecular complexity index is 1400. The van der Waals surface area contributed by atoms with E-state index in [2.05, 4.69) is 25.3 Å². The van der Waals surface area contributed by atoms with Gasteiger partial charge in [-0.1, -0.05) is 18.0 Å². The van der Waals surface area contributed by atoms with E-state index in [-0.39, 0.29) is 11.0 Å². The number of ether oxygens (including phenoxy) is 1. The average Bonchev–Trinajstić information content (AvgIpc) is 2.91. The fraction of sp³-hybridized carbons (Fsp3) is 0.320. The Morgan fingerprint density at radius 3 is 2.17 bits per heavy atom. The Morgan fingerprint density at radius 2 is 1.60 bits per heavy atom. The van der Waals surface area contributed by atoms with Gasteiger partial charge in [-0.15, -0.1) is 0 Å². The summed E-state index contributed by atoms with van der Waals surface area (Å²) in [6.45, 7) is 0. The van der Waals surface area contributed by atoms with Crippen molar-refractivity contribution in [3.8, 4) is 5.75 Å². The quantitative estimate of drug-likeness (QED) is 0.249. The molecule has 3 aromatic rings. The number of sulfonamides is 1. The number of carbonyl (C=O) groups is 1. The lowest BCUT2D eigenvalue weighted by Gasteiger charge is -2.24. The summed E-state index contributed by atoms with van der Waals surface area (Å²) in [7, 11) is -2.23. The summed E-state index contributed by atoms with van der Waals surface area (Å²) >= 11 is 5.95. The van der Waals surface area contributed by atoms with Crippen LogP contribution in [0.4, 0.5) is 36.2 Å². The summed E-state index contributed by atoms with van der Waals surface area (Å²) in [5.41, 5.74) is 1.35. The summed E-state index contributed by atoms with van der Waals surface area (Å²) in [5.74, 6) is -1.10. The van der Waals surface area contributed by atoms with Crippen molar-refractivity contribution in [3.63, 3.8) is 0 Å². The highest BCUT2D eigenvalue weighted by Crippen LogP contribution is 2.33. The van der Waals surface area contributed by atoms with E-state index in [9.17, 15) is 21.6 Å². The summed E-state index contributed by atoms with van der Waals surface area (Å²) < 4.78 is 65.1. The molecule has 4 rings (SSSR count). The number of carboxylic acids is 1. The first-order valence-corrected chi connectivity index (χ1v) is 13.9. The molecule has 1 aliphatic carbocycles. The summed E-state index contributed by atoms with van der Waals surface area (Å²) in [5, 5.41) is 14.2. The average molecular weight is 602 g/mol. The third-order valence-electron chi connectivity index (χ3n) is 5.66. The minimum Gasteiger partial charge on any atom is -0.488 e. The zero-order chi connectivity index (χ0) is 29.3. The smallest absolute Gasteiger partial charge is 0.488 e. The van der Waals surface area contributed by atoms with E-state index in [0.29, 0.717) is 28.1 Å². The number of aliphatic carboxylic acids is 1. The standard InChI is InChI=1S/C23H26ClN5O3S.C2HF3O2/c1-25-33(30,31)19-11-12-21(32-18-5-3-2-4-6-18)20(13-19)29-23-14-22(26-15-27-23)28-17-9-7-16(24)8-10-17;3-2(4,5)1(6)7/h7-15,18,25H,2-6H2,1H3,(H2,26,27,28,29);(H,6,7). The number of anilines is 4. The molecule has 1 fully saturated rings. The van der Waals surface area contributed by atoms with E-state index < -0.39 is 22.2 Å². The number of hydrogen-bond acceptors (Lipinski definition) is 8. The van der Waals surface area contributed by atoms with Gasteiger partial charge in [0.05, 0.1) is 16.7 Å². The van der Waals surface area contributed by atoms with Gasteiger partial charge in [0.25, 0.3) is 0 Å². The number of halogens is 4. The molecule has 1 saturated carbocycles. The van der Waals surface area contributed by atoms with Crippen LogP contribution >= 0.6 is 11.6 Å². The SMILES string of the molecule is CNS(=O)(=O)c1ccc(OC2CCCCC2)c(Nc2cc(Nc3ccc(Cl)cc3)ncn2)c1.O=C(O)C(F)(F)F. The molecule has 0 atom stereocenters. The van der Waals surface area contributed by atoms with E-state index in [1.807, 2.05) is 12.1 Å². The molecule has 10 nitrogen and oxygen atoms in total. The van der Waals surface area contributed by atoms with Crippen molar-refractivity contribution >= 4 is 50.6 Å². The topological polar surface area (TPSA) is 143 Å². The van der Waals surface area contributed by atoms with Crippen LogP contribution in [-0.4, -0.2) is 48.8 Å². The van der Waals surface area contributed by atoms with Crippen LogP contribution in [0.5, 0.6) is 5.75 Å². The van der Waals surface area contributed by atoms with E-state index in [0.717, 1.165) is 31.4 Å². The second-order valence-corrected chi connectivity index (χ2v) is 10.9. The maximum atomic E-state index is 12.4. The zero-order valence-electron chi connectivity index (χ0n) is 21.2. The molecule has 1 heterocycles. The summed E-state index contributed by atoms with van der Waals surface area (Å²) in [4.78, 5) is 17.6. The highest BCUT2D eigenvalue weighted by Gasteiger charge is 2.38. The molecule has 0 saturated heterocycles. The minimum atomic E-state index is -5.08. The molecule has 216 valence electrons. The van der Waals surface area contributed by atoms with Crippen LogP contribution < -0.4 is 20.1 Å². The van der Waals surface area contributed by atoms with Crippen molar-refractivity contribution in [2.45, 2.75) is 49.3 Å². The first-order valence-electron chi connectivity index (χ1n) is 12.0. The van der Waals surface area contributed by atoms with E-state index in [1.54, 1.807) is 36.4 Å². The van der Waals surface area contributed by atoms with E-state index in [1.165, 1.54) is 19.8 Å². The summed E-state index contributed by atoms with van der Waals surface area (Å²) in [6.07, 6.45) is 1.90. The van der Waals surface area contributed by atoms with E-state index >= 15 is 0 Å². The maximum Gasteiger partial charge on any atom is 0.490 e. The normalized spacial score (nSPS) is 14.0. The predicted octanol–water partition coefficient (Wildman–Crippen LogP) is 5.87. The number of rotatable bonds is 8. The molecular formula is C25H27ClF3N5O5S. The molecule has 1 aliphatic rings. The van der Waals surface area contributed by atoms with Crippen LogP contribution in [0.3, 0.4) is 0 Å². The second kappa shape index (κ2) is 13.6. The van der Waals surface area contributed by atoms with Gasteiger partial charge in [-0.3, -0.25) is 0 Å². The van der Waals surface area contributed by atoms with Crippen LogP contribution in [0.1, 0.15) is 32.1 Å². The molecule has 0 unspecified atom stereocenters. The molecule has 40 heavy (non-hydrogen) atoms. The number of carboxylic acid groups (broad SMARTS) is 1. The lowest BCUT2D eigenvalue weighted by molar-refractivity contribution is -0.192. The van der Waals surface area contributed by atoms with Crippen LogP contribution in [0.25, 0.3) is 0 Å². The molecule has 1 aromatic heterocycles. The maximum absolute atomic E-state index is 12.4. The highest BCUT2D eigenvalue weighted by atomic mass is 35.5. The third kappa shape index (κ3) is 9.24. The van der Waals surface area contributed by atoms with Gasteiger partial charge in [0.2, 0.25) is 10.0 Å². The van der Waals surface area contributed by atoms with Crippen molar-refractivity contribution in [2.24, 2.45) is 0 Å². The van der Waals surface area contributed by atoms with Gasteiger partial charge in [0, 0.05) is 16.8 Å². The zero-order valence-corrected chi connectivity index (χ0v) is 22.8. The number of hydrogen-bond donors (Lipinski definition) is 4. The number of nitrogens with zero attached hydrogens (tertiary/aromatic N) is 2. The van der Waals surface area contributed by atoms with Crippen LogP contribution in [0, 0.1) is 0 Å². The van der Waals surface area contributed by atoms with Gasteiger partial charge in [0.1, 0.15) is 23.7 Å². The Morgan fingerprint density at radius 1 is 1.00 bits per heavy atom. The Balaban J connectivity index is 0.000000559. The van der Waals surface area contributed by atoms with E-state index in [4.69, 9.17) is 26.2 Å². The highest BCUT2D eigenvalue weighted by molar-refractivity contribution is 7.89. The molecule has 0 spiro atoms. The van der Waals surface area contributed by atoms with Crippen LogP contribution in [-0.2, 0) is 14.8 Å². The molecular weight excluding hydrogens is 575 g/mol. The molecule has 2 aromatic carbocycles. The fourth-order valence-corrected chi connectivity index (χ4v) is 4.55. The fourth-order valence-electron chi connectivity index (χ4n) is 3.67. The third-order valence-corrected chi connectivity index (χ3v) is 7.33. The van der Waals surface area contributed by atoms with Gasteiger partial charge in [0.15, 0.2) is 0 Å². The lowest BCUT2D eigenvalue weighted by Crippen LogP contribution is -2.21. The Hall–Kier alpha value is -3.62. The lowest BCUT2D eigenvalue weighted by atomic mass is 9.98. The van der Waals surface area contributed by atoms with Crippen molar-refractivity contribution in [1.29, 1.82) is 0 Å². The van der Waals surface area contributed by atoms with Crippen molar-refractivity contribution < 1.29 is 36.2 Å². The monoisotopic (exact) mass is 601 g/mol. The largest absolute Gasteiger partial charge is 0.490 e. The Kier molecular flexibility index (Phi) is 10.5. The number of nitrogens with one attached hydrogen (secondary N) is 3.